The molecule has 0 aliphatic carbocycles. The van der Waals surface area contributed by atoms with Crippen molar-refractivity contribution in [2.75, 3.05) is 14.2 Å². The molecule has 0 bridgehead atoms. The number of alkyl halides is 3. The quantitative estimate of drug-likeness (QED) is 0.848. The van der Waals surface area contributed by atoms with Gasteiger partial charge in [0.15, 0.2) is 11.5 Å². The molecule has 0 atom stereocenters. The molecule has 0 fully saturated rings. The Morgan fingerprint density at radius 1 is 1.05 bits per heavy atom. The number of aromatic hydroxyl groups is 1. The Bertz CT molecular complexity index is 467. The molecule has 0 amide bonds. The van der Waals surface area contributed by atoms with Gasteiger partial charge in [0, 0.05) is 17.5 Å². The van der Waals surface area contributed by atoms with E-state index in [9.17, 15) is 23.4 Å². The van der Waals surface area contributed by atoms with Crippen LogP contribution in [-0.4, -0.2) is 30.6 Å². The van der Waals surface area contributed by atoms with Crippen LogP contribution in [-0.2, 0) is 13.0 Å². The Hall–Kier alpha value is -1.63. The van der Waals surface area contributed by atoms with E-state index < -0.39 is 12.6 Å². The molecule has 0 heterocycles. The third kappa shape index (κ3) is 3.93. The molecule has 0 radical (unpaired) electrons. The lowest BCUT2D eigenvalue weighted by molar-refractivity contribution is -0.135. The summed E-state index contributed by atoms with van der Waals surface area (Å²) < 4.78 is 46.8. The summed E-state index contributed by atoms with van der Waals surface area (Å²) in [5, 5.41) is 19.6. The minimum absolute atomic E-state index is 0.0224. The maximum Gasteiger partial charge on any atom is 0.389 e. The predicted octanol–water partition coefficient (Wildman–Crippen LogP) is 3.10. The van der Waals surface area contributed by atoms with E-state index in [0.717, 1.165) is 0 Å². The van der Waals surface area contributed by atoms with Crippen LogP contribution in [0.2, 0.25) is 0 Å². The fourth-order valence-corrected chi connectivity index (χ4v) is 2.28. The molecule has 1 aromatic carbocycles. The van der Waals surface area contributed by atoms with Gasteiger partial charge in [-0.05, 0) is 25.3 Å². The van der Waals surface area contributed by atoms with E-state index in [-0.39, 0.29) is 36.7 Å². The van der Waals surface area contributed by atoms with E-state index >= 15 is 0 Å². The molecule has 2 N–H and O–H groups in total. The highest BCUT2D eigenvalue weighted by Gasteiger charge is 2.28. The van der Waals surface area contributed by atoms with Crippen LogP contribution < -0.4 is 9.47 Å². The second kappa shape index (κ2) is 6.89. The molecule has 1 aromatic rings. The maximum atomic E-state index is 12.2. The molecule has 21 heavy (non-hydrogen) atoms. The van der Waals surface area contributed by atoms with Crippen LogP contribution in [0.3, 0.4) is 0 Å². The fourth-order valence-electron chi connectivity index (χ4n) is 2.28. The Kier molecular flexibility index (Phi) is 5.71. The van der Waals surface area contributed by atoms with Gasteiger partial charge in [0.25, 0.3) is 0 Å². The third-order valence-corrected chi connectivity index (χ3v) is 3.34. The van der Waals surface area contributed by atoms with Gasteiger partial charge >= 0.3 is 6.18 Å². The van der Waals surface area contributed by atoms with Crippen molar-refractivity contribution in [1.82, 2.24) is 0 Å². The van der Waals surface area contributed by atoms with Crippen molar-refractivity contribution >= 4 is 0 Å². The summed E-state index contributed by atoms with van der Waals surface area (Å²) in [5.74, 6) is -0.0324. The van der Waals surface area contributed by atoms with E-state index in [4.69, 9.17) is 9.47 Å². The monoisotopic (exact) mass is 308 g/mol. The van der Waals surface area contributed by atoms with E-state index in [2.05, 4.69) is 0 Å². The molecule has 1 rings (SSSR count). The Labute approximate surface area is 121 Å². The zero-order valence-corrected chi connectivity index (χ0v) is 12.2. The van der Waals surface area contributed by atoms with Crippen molar-refractivity contribution < 1.29 is 32.9 Å². The maximum absolute atomic E-state index is 12.2. The molecular weight excluding hydrogens is 289 g/mol. The Morgan fingerprint density at radius 2 is 1.62 bits per heavy atom. The van der Waals surface area contributed by atoms with Gasteiger partial charge in [-0.2, -0.15) is 13.2 Å². The number of hydrogen-bond acceptors (Lipinski definition) is 4. The molecule has 0 saturated heterocycles. The number of phenols is 1. The number of rotatable bonds is 6. The minimum atomic E-state index is -4.24. The Morgan fingerprint density at radius 3 is 2.05 bits per heavy atom. The summed E-state index contributed by atoms with van der Waals surface area (Å²) in [5.41, 5.74) is 1.24. The average molecular weight is 308 g/mol. The lowest BCUT2D eigenvalue weighted by Crippen LogP contribution is -2.08. The van der Waals surface area contributed by atoms with Gasteiger partial charge in [-0.15, -0.1) is 0 Å². The SMILES string of the molecule is COc1c(O)c(CCCC(F)(F)F)c(C)c(CO)c1OC. The Balaban J connectivity index is 3.20. The summed E-state index contributed by atoms with van der Waals surface area (Å²) in [6.45, 7) is 1.26. The lowest BCUT2D eigenvalue weighted by atomic mass is 9.95. The number of hydrogen-bond donors (Lipinski definition) is 2. The smallest absolute Gasteiger partial charge is 0.389 e. The molecule has 0 saturated carbocycles. The molecule has 120 valence electrons. The number of halogens is 3. The van der Waals surface area contributed by atoms with Crippen LogP contribution in [0.15, 0.2) is 0 Å². The summed E-state index contributed by atoms with van der Waals surface area (Å²) in [6.07, 6.45) is -5.29. The highest BCUT2D eigenvalue weighted by atomic mass is 19.4. The largest absolute Gasteiger partial charge is 0.504 e. The fraction of sp³-hybridized carbons (Fsp3) is 0.571. The molecule has 0 aliphatic rings. The summed E-state index contributed by atoms with van der Waals surface area (Å²) >= 11 is 0. The first-order chi connectivity index (χ1) is 9.76. The average Bonchev–Trinajstić information content (AvgIpc) is 2.40. The predicted molar refractivity (Wildman–Crippen MR) is 70.9 cm³/mol. The lowest BCUT2D eigenvalue weighted by Gasteiger charge is -2.20. The van der Waals surface area contributed by atoms with Gasteiger partial charge in [0.05, 0.1) is 20.8 Å². The number of benzene rings is 1. The topological polar surface area (TPSA) is 58.9 Å². The first kappa shape index (κ1) is 17.4. The van der Waals surface area contributed by atoms with Crippen molar-refractivity contribution in [3.63, 3.8) is 0 Å². The van der Waals surface area contributed by atoms with E-state index in [1.54, 1.807) is 6.92 Å². The van der Waals surface area contributed by atoms with Gasteiger partial charge in [-0.25, -0.2) is 0 Å². The molecule has 0 spiro atoms. The zero-order valence-electron chi connectivity index (χ0n) is 12.2. The second-order valence-electron chi connectivity index (χ2n) is 4.62. The van der Waals surface area contributed by atoms with Crippen LogP contribution in [0.25, 0.3) is 0 Å². The molecule has 0 unspecified atom stereocenters. The van der Waals surface area contributed by atoms with Gasteiger partial charge in [-0.1, -0.05) is 0 Å². The summed E-state index contributed by atoms with van der Waals surface area (Å²) in [4.78, 5) is 0. The van der Waals surface area contributed by atoms with Crippen LogP contribution in [0.5, 0.6) is 17.2 Å². The second-order valence-corrected chi connectivity index (χ2v) is 4.62. The van der Waals surface area contributed by atoms with Crippen molar-refractivity contribution in [3.05, 3.63) is 16.7 Å². The molecule has 4 nitrogen and oxygen atoms in total. The first-order valence-corrected chi connectivity index (χ1v) is 6.39. The minimum Gasteiger partial charge on any atom is -0.504 e. The third-order valence-electron chi connectivity index (χ3n) is 3.34. The summed E-state index contributed by atoms with van der Waals surface area (Å²) in [6, 6.07) is 0. The first-order valence-electron chi connectivity index (χ1n) is 6.39. The highest BCUT2D eigenvalue weighted by Crippen LogP contribution is 2.45. The molecular formula is C14H19F3O4. The number of aliphatic hydroxyl groups excluding tert-OH is 1. The van der Waals surface area contributed by atoms with Crippen LogP contribution in [0, 0.1) is 6.92 Å². The van der Waals surface area contributed by atoms with E-state index in [1.807, 2.05) is 0 Å². The van der Waals surface area contributed by atoms with Crippen molar-refractivity contribution in [3.8, 4) is 17.2 Å². The van der Waals surface area contributed by atoms with Gasteiger partial charge < -0.3 is 19.7 Å². The van der Waals surface area contributed by atoms with Crippen molar-refractivity contribution in [2.45, 2.75) is 39.0 Å². The van der Waals surface area contributed by atoms with Crippen LogP contribution >= 0.6 is 0 Å². The normalized spacial score (nSPS) is 11.6. The molecule has 0 aromatic heterocycles. The molecule has 0 aliphatic heterocycles. The van der Waals surface area contributed by atoms with Gasteiger partial charge in [0.1, 0.15) is 0 Å². The highest BCUT2D eigenvalue weighted by molar-refractivity contribution is 5.62. The number of aliphatic hydroxyl groups is 1. The number of methoxy groups -OCH3 is 2. The van der Waals surface area contributed by atoms with Crippen LogP contribution in [0.4, 0.5) is 13.2 Å². The zero-order chi connectivity index (χ0) is 16.2. The van der Waals surface area contributed by atoms with Gasteiger partial charge in [-0.3, -0.25) is 0 Å². The van der Waals surface area contributed by atoms with Gasteiger partial charge in [0.2, 0.25) is 5.75 Å². The van der Waals surface area contributed by atoms with E-state index in [1.165, 1.54) is 14.2 Å². The number of ether oxygens (including phenoxy) is 2. The molecule has 7 heteroatoms. The van der Waals surface area contributed by atoms with E-state index in [0.29, 0.717) is 16.7 Å². The van der Waals surface area contributed by atoms with Crippen molar-refractivity contribution in [1.29, 1.82) is 0 Å². The summed E-state index contributed by atoms with van der Waals surface area (Å²) in [7, 11) is 2.67. The van der Waals surface area contributed by atoms with Crippen molar-refractivity contribution in [2.24, 2.45) is 0 Å². The van der Waals surface area contributed by atoms with Crippen LogP contribution in [0.1, 0.15) is 29.5 Å². The standard InChI is InChI=1S/C14H19F3O4/c1-8-9(5-4-6-14(15,16)17)11(19)13(21-3)12(20-2)10(8)7-18/h18-19H,4-7H2,1-3H3. The number of phenolic OH excluding ortho intramolecular Hbond substituents is 1.